The molecular formula is C7H6Cl2N. The number of halogens is 2. The van der Waals surface area contributed by atoms with Crippen LogP contribution < -0.4 is 0 Å². The summed E-state index contributed by atoms with van der Waals surface area (Å²) in [4.78, 5) is 3.79. The molecule has 0 spiro atoms. The van der Waals surface area contributed by atoms with Gasteiger partial charge in [0.25, 0.3) is 0 Å². The summed E-state index contributed by atoms with van der Waals surface area (Å²) in [5, 5.41) is 0.862. The molecule has 1 rings (SSSR count). The van der Waals surface area contributed by atoms with Crippen LogP contribution in [0.2, 0.25) is 10.3 Å². The smallest absolute Gasteiger partial charge is 0.131 e. The van der Waals surface area contributed by atoms with Gasteiger partial charge in [-0.15, -0.1) is 0 Å². The molecule has 0 N–H and O–H groups in total. The molecule has 0 saturated heterocycles. The van der Waals surface area contributed by atoms with Crippen molar-refractivity contribution in [2.24, 2.45) is 0 Å². The summed E-state index contributed by atoms with van der Waals surface area (Å²) in [5.41, 5.74) is 0.991. The SMILES string of the molecule is C[CH]c1cc(Cl)nc(Cl)c1. The highest BCUT2D eigenvalue weighted by molar-refractivity contribution is 6.32. The number of nitrogens with zero attached hydrogens (tertiary/aromatic N) is 1. The zero-order valence-electron chi connectivity index (χ0n) is 5.44. The van der Waals surface area contributed by atoms with Gasteiger partial charge in [-0.25, -0.2) is 4.98 Å². The Labute approximate surface area is 70.0 Å². The van der Waals surface area contributed by atoms with E-state index in [0.29, 0.717) is 10.3 Å². The van der Waals surface area contributed by atoms with Crippen molar-refractivity contribution in [3.63, 3.8) is 0 Å². The fourth-order valence-corrected chi connectivity index (χ4v) is 1.13. The summed E-state index contributed by atoms with van der Waals surface area (Å²) in [6.45, 7) is 1.92. The van der Waals surface area contributed by atoms with Crippen LogP contribution in [0.5, 0.6) is 0 Å². The average Bonchev–Trinajstić information content (AvgIpc) is 1.85. The molecule has 0 aliphatic rings. The molecular weight excluding hydrogens is 169 g/mol. The zero-order chi connectivity index (χ0) is 7.56. The van der Waals surface area contributed by atoms with Crippen LogP contribution >= 0.6 is 23.2 Å². The first-order valence-electron chi connectivity index (χ1n) is 2.85. The minimum absolute atomic E-state index is 0.431. The lowest BCUT2D eigenvalue weighted by Crippen LogP contribution is -1.81. The third-order valence-corrected chi connectivity index (χ3v) is 1.51. The van der Waals surface area contributed by atoms with Gasteiger partial charge in [0.2, 0.25) is 0 Å². The van der Waals surface area contributed by atoms with E-state index in [1.807, 2.05) is 13.3 Å². The lowest BCUT2D eigenvalue weighted by atomic mass is 10.2. The fourth-order valence-electron chi connectivity index (χ4n) is 0.650. The van der Waals surface area contributed by atoms with Crippen molar-refractivity contribution in [3.8, 4) is 0 Å². The van der Waals surface area contributed by atoms with Gasteiger partial charge < -0.3 is 0 Å². The van der Waals surface area contributed by atoms with Crippen molar-refractivity contribution >= 4 is 23.2 Å². The quantitative estimate of drug-likeness (QED) is 0.598. The zero-order valence-corrected chi connectivity index (χ0v) is 6.95. The first-order chi connectivity index (χ1) is 4.72. The average molecular weight is 175 g/mol. The molecule has 3 heteroatoms. The van der Waals surface area contributed by atoms with Gasteiger partial charge in [0.15, 0.2) is 0 Å². The monoisotopic (exact) mass is 174 g/mol. The second kappa shape index (κ2) is 3.22. The summed E-state index contributed by atoms with van der Waals surface area (Å²) in [6.07, 6.45) is 1.92. The van der Waals surface area contributed by atoms with Gasteiger partial charge in [0.05, 0.1) is 0 Å². The topological polar surface area (TPSA) is 12.9 Å². The van der Waals surface area contributed by atoms with Crippen molar-refractivity contribution in [3.05, 3.63) is 34.4 Å². The summed E-state index contributed by atoms with van der Waals surface area (Å²) in [6, 6.07) is 3.51. The third-order valence-electron chi connectivity index (χ3n) is 1.12. The van der Waals surface area contributed by atoms with E-state index in [4.69, 9.17) is 23.2 Å². The highest BCUT2D eigenvalue weighted by Gasteiger charge is 1.95. The highest BCUT2D eigenvalue weighted by Crippen LogP contribution is 2.15. The van der Waals surface area contributed by atoms with Crippen LogP contribution in [0.3, 0.4) is 0 Å². The summed E-state index contributed by atoms with van der Waals surface area (Å²) < 4.78 is 0. The Kier molecular flexibility index (Phi) is 2.52. The van der Waals surface area contributed by atoms with Crippen molar-refractivity contribution < 1.29 is 0 Å². The van der Waals surface area contributed by atoms with Gasteiger partial charge in [0.1, 0.15) is 10.3 Å². The largest absolute Gasteiger partial charge is 0.224 e. The first-order valence-corrected chi connectivity index (χ1v) is 3.60. The number of hydrogen-bond donors (Lipinski definition) is 0. The molecule has 1 heterocycles. The van der Waals surface area contributed by atoms with E-state index in [9.17, 15) is 0 Å². The molecule has 53 valence electrons. The Balaban J connectivity index is 3.06. The second-order valence-corrected chi connectivity index (χ2v) is 2.61. The van der Waals surface area contributed by atoms with E-state index in [-0.39, 0.29) is 0 Å². The molecule has 0 saturated carbocycles. The van der Waals surface area contributed by atoms with E-state index in [1.54, 1.807) is 12.1 Å². The molecule has 0 fully saturated rings. The van der Waals surface area contributed by atoms with E-state index in [2.05, 4.69) is 4.98 Å². The number of rotatable bonds is 1. The molecule has 0 bridgehead atoms. The Morgan fingerprint density at radius 1 is 1.30 bits per heavy atom. The molecule has 1 aromatic rings. The van der Waals surface area contributed by atoms with Gasteiger partial charge in [-0.3, -0.25) is 0 Å². The van der Waals surface area contributed by atoms with Crippen molar-refractivity contribution in [2.75, 3.05) is 0 Å². The minimum atomic E-state index is 0.431. The van der Waals surface area contributed by atoms with Gasteiger partial charge >= 0.3 is 0 Å². The molecule has 0 atom stereocenters. The highest BCUT2D eigenvalue weighted by atomic mass is 35.5. The summed E-state index contributed by atoms with van der Waals surface area (Å²) in [7, 11) is 0. The molecule has 1 radical (unpaired) electrons. The van der Waals surface area contributed by atoms with Crippen LogP contribution in [-0.4, -0.2) is 4.98 Å². The predicted octanol–water partition coefficient (Wildman–Crippen LogP) is 2.96. The van der Waals surface area contributed by atoms with Crippen molar-refractivity contribution in [1.29, 1.82) is 0 Å². The molecule has 0 aromatic carbocycles. The van der Waals surface area contributed by atoms with E-state index < -0.39 is 0 Å². The maximum absolute atomic E-state index is 5.61. The molecule has 0 aliphatic carbocycles. The van der Waals surface area contributed by atoms with Gasteiger partial charge in [-0.2, -0.15) is 0 Å². The molecule has 1 nitrogen and oxygen atoms in total. The summed E-state index contributed by atoms with van der Waals surface area (Å²) >= 11 is 11.2. The van der Waals surface area contributed by atoms with Crippen LogP contribution in [0.1, 0.15) is 12.5 Å². The van der Waals surface area contributed by atoms with Crippen LogP contribution in [0, 0.1) is 6.42 Å². The number of hydrogen-bond acceptors (Lipinski definition) is 1. The second-order valence-electron chi connectivity index (χ2n) is 1.83. The minimum Gasteiger partial charge on any atom is -0.224 e. The summed E-state index contributed by atoms with van der Waals surface area (Å²) in [5.74, 6) is 0. The predicted molar refractivity (Wildman–Crippen MR) is 43.3 cm³/mol. The Hall–Kier alpha value is -0.270. The van der Waals surface area contributed by atoms with Crippen LogP contribution in [0.15, 0.2) is 12.1 Å². The first kappa shape index (κ1) is 7.83. The fraction of sp³-hybridized carbons (Fsp3) is 0.143. The van der Waals surface area contributed by atoms with Crippen molar-refractivity contribution in [2.45, 2.75) is 6.92 Å². The molecule has 0 aliphatic heterocycles. The van der Waals surface area contributed by atoms with Gasteiger partial charge in [0, 0.05) is 0 Å². The molecule has 1 aromatic heterocycles. The Bertz CT molecular complexity index is 215. The lowest BCUT2D eigenvalue weighted by molar-refractivity contribution is 1.28. The Morgan fingerprint density at radius 2 is 1.80 bits per heavy atom. The van der Waals surface area contributed by atoms with E-state index in [0.717, 1.165) is 5.56 Å². The van der Waals surface area contributed by atoms with Crippen LogP contribution in [0.4, 0.5) is 0 Å². The molecule has 0 amide bonds. The van der Waals surface area contributed by atoms with Gasteiger partial charge in [-0.05, 0) is 24.1 Å². The molecule has 0 unspecified atom stereocenters. The van der Waals surface area contributed by atoms with E-state index in [1.165, 1.54) is 0 Å². The van der Waals surface area contributed by atoms with Gasteiger partial charge in [-0.1, -0.05) is 30.1 Å². The van der Waals surface area contributed by atoms with Crippen LogP contribution in [-0.2, 0) is 0 Å². The Morgan fingerprint density at radius 3 is 2.20 bits per heavy atom. The van der Waals surface area contributed by atoms with Crippen LogP contribution in [0.25, 0.3) is 0 Å². The normalized spacial score (nSPS) is 9.90. The third kappa shape index (κ3) is 1.86. The lowest BCUT2D eigenvalue weighted by Gasteiger charge is -1.96. The molecule has 10 heavy (non-hydrogen) atoms. The number of aromatic nitrogens is 1. The van der Waals surface area contributed by atoms with Crippen molar-refractivity contribution in [1.82, 2.24) is 4.98 Å². The standard InChI is InChI=1S/C7H6Cl2N/c1-2-5-3-6(8)10-7(9)4-5/h2-4H,1H3. The number of pyridine rings is 1. The maximum atomic E-state index is 5.61. The maximum Gasteiger partial charge on any atom is 0.131 e. The van der Waals surface area contributed by atoms with E-state index >= 15 is 0 Å².